The van der Waals surface area contributed by atoms with Crippen LogP contribution in [0.25, 0.3) is 16.8 Å². The average molecular weight is 541 g/mol. The van der Waals surface area contributed by atoms with Crippen LogP contribution in [0.2, 0.25) is 0 Å². The molecule has 0 unspecified atom stereocenters. The molecule has 1 aliphatic rings. The van der Waals surface area contributed by atoms with E-state index in [-0.39, 0.29) is 5.57 Å². The monoisotopic (exact) mass is 540 g/mol. The molecule has 4 aromatic carbocycles. The van der Waals surface area contributed by atoms with E-state index in [1.165, 1.54) is 6.08 Å². The molecule has 5 rings (SSSR count). The maximum atomic E-state index is 13.4. The highest BCUT2D eigenvalue weighted by Crippen LogP contribution is 2.32. The minimum Gasteiger partial charge on any atom is -0.488 e. The minimum atomic E-state index is -0.782. The number of fused-ring (bicyclic) bond motifs is 1. The van der Waals surface area contributed by atoms with Gasteiger partial charge in [-0.2, -0.15) is 0 Å². The molecular formula is C29H21BrN2O4. The number of hydrogen-bond donors (Lipinski definition) is 1. The van der Waals surface area contributed by atoms with Crippen molar-refractivity contribution in [3.63, 3.8) is 0 Å². The topological polar surface area (TPSA) is 75.7 Å². The third-order valence-electron chi connectivity index (χ3n) is 5.92. The Labute approximate surface area is 216 Å². The van der Waals surface area contributed by atoms with E-state index >= 15 is 0 Å². The van der Waals surface area contributed by atoms with Crippen LogP contribution in [0.5, 0.6) is 5.75 Å². The third kappa shape index (κ3) is 4.65. The number of aryl methyl sites for hydroxylation is 1. The minimum absolute atomic E-state index is 0.153. The van der Waals surface area contributed by atoms with Gasteiger partial charge in [-0.25, -0.2) is 9.69 Å². The largest absolute Gasteiger partial charge is 0.488 e. The van der Waals surface area contributed by atoms with E-state index in [0.29, 0.717) is 23.6 Å². The Morgan fingerprint density at radius 2 is 1.61 bits per heavy atom. The lowest BCUT2D eigenvalue weighted by Crippen LogP contribution is -2.54. The normalized spacial score (nSPS) is 14.9. The number of urea groups is 1. The van der Waals surface area contributed by atoms with Crippen LogP contribution in [-0.4, -0.2) is 17.8 Å². The zero-order chi connectivity index (χ0) is 25.2. The molecule has 0 aliphatic carbocycles. The van der Waals surface area contributed by atoms with E-state index in [0.717, 1.165) is 31.3 Å². The molecule has 178 valence electrons. The van der Waals surface area contributed by atoms with Crippen molar-refractivity contribution in [1.29, 1.82) is 0 Å². The molecule has 1 fully saturated rings. The van der Waals surface area contributed by atoms with Gasteiger partial charge in [0.25, 0.3) is 11.8 Å². The lowest BCUT2D eigenvalue weighted by Gasteiger charge is -2.26. The number of amides is 4. The van der Waals surface area contributed by atoms with Gasteiger partial charge in [-0.15, -0.1) is 0 Å². The second kappa shape index (κ2) is 9.79. The van der Waals surface area contributed by atoms with Gasteiger partial charge in [0, 0.05) is 10.0 Å². The number of anilines is 1. The fraction of sp³-hybridized carbons (Fsp3) is 0.0690. The van der Waals surface area contributed by atoms with Gasteiger partial charge in [0.1, 0.15) is 17.9 Å². The fourth-order valence-electron chi connectivity index (χ4n) is 4.02. The smallest absolute Gasteiger partial charge is 0.335 e. The number of benzene rings is 4. The number of carbonyl (C=O) groups excluding carboxylic acids is 3. The Bertz CT molecular complexity index is 1530. The zero-order valence-electron chi connectivity index (χ0n) is 19.3. The van der Waals surface area contributed by atoms with Crippen LogP contribution in [0.4, 0.5) is 10.5 Å². The number of imide groups is 2. The van der Waals surface area contributed by atoms with Gasteiger partial charge in [0.2, 0.25) is 0 Å². The van der Waals surface area contributed by atoms with E-state index in [1.807, 2.05) is 67.6 Å². The van der Waals surface area contributed by atoms with Gasteiger partial charge in [0.15, 0.2) is 0 Å². The van der Waals surface area contributed by atoms with Crippen LogP contribution in [0.1, 0.15) is 16.7 Å². The molecule has 4 amide bonds. The van der Waals surface area contributed by atoms with Crippen molar-refractivity contribution in [3.8, 4) is 5.75 Å². The SMILES string of the molecule is Cc1ccc(N2C(=O)NC(=O)/C(=C\c3c(OCc4ccc(Br)cc4)ccc4ccccc34)C2=O)cc1. The van der Waals surface area contributed by atoms with Crippen molar-refractivity contribution in [1.82, 2.24) is 5.32 Å². The number of hydrogen-bond acceptors (Lipinski definition) is 4. The lowest BCUT2D eigenvalue weighted by molar-refractivity contribution is -0.122. The van der Waals surface area contributed by atoms with Crippen molar-refractivity contribution in [3.05, 3.63) is 112 Å². The lowest BCUT2D eigenvalue weighted by atomic mass is 9.99. The number of halogens is 1. The molecule has 0 bridgehead atoms. The quantitative estimate of drug-likeness (QED) is 0.243. The molecule has 1 aliphatic heterocycles. The number of rotatable bonds is 5. The van der Waals surface area contributed by atoms with Gasteiger partial charge in [-0.3, -0.25) is 14.9 Å². The van der Waals surface area contributed by atoms with Crippen LogP contribution in [-0.2, 0) is 16.2 Å². The molecule has 7 heteroatoms. The standard InChI is InChI=1S/C29H21BrN2O4/c1-18-6-13-22(14-7-18)32-28(34)25(27(33)31-29(32)35)16-24-23-5-3-2-4-20(23)10-15-26(24)36-17-19-8-11-21(30)12-9-19/h2-16H,17H2,1H3,(H,31,33,35)/b25-16+. The molecule has 1 heterocycles. The number of ether oxygens (including phenoxy) is 1. The van der Waals surface area contributed by atoms with Crippen molar-refractivity contribution >= 4 is 56.3 Å². The van der Waals surface area contributed by atoms with Crippen LogP contribution in [0.3, 0.4) is 0 Å². The first-order chi connectivity index (χ1) is 17.4. The summed E-state index contributed by atoms with van der Waals surface area (Å²) in [5.41, 5.74) is 2.76. The second-order valence-corrected chi connectivity index (χ2v) is 9.32. The summed E-state index contributed by atoms with van der Waals surface area (Å²) in [6.07, 6.45) is 1.50. The van der Waals surface area contributed by atoms with Crippen molar-refractivity contribution < 1.29 is 19.1 Å². The van der Waals surface area contributed by atoms with E-state index in [1.54, 1.807) is 24.3 Å². The Morgan fingerprint density at radius 3 is 2.36 bits per heavy atom. The Hall–Kier alpha value is -4.23. The summed E-state index contributed by atoms with van der Waals surface area (Å²) < 4.78 is 7.11. The van der Waals surface area contributed by atoms with Gasteiger partial charge in [-0.05, 0) is 59.7 Å². The first-order valence-corrected chi connectivity index (χ1v) is 12.1. The van der Waals surface area contributed by atoms with E-state index < -0.39 is 17.8 Å². The Balaban J connectivity index is 1.57. The van der Waals surface area contributed by atoms with Gasteiger partial charge in [0.05, 0.1) is 5.69 Å². The maximum Gasteiger partial charge on any atom is 0.335 e. The Morgan fingerprint density at radius 1 is 0.889 bits per heavy atom. The average Bonchev–Trinajstić information content (AvgIpc) is 2.87. The van der Waals surface area contributed by atoms with Crippen molar-refractivity contribution in [2.24, 2.45) is 0 Å². The molecule has 0 spiro atoms. The molecule has 0 radical (unpaired) electrons. The summed E-state index contributed by atoms with van der Waals surface area (Å²) in [5.74, 6) is -0.928. The molecule has 0 atom stereocenters. The molecular weight excluding hydrogens is 520 g/mol. The summed E-state index contributed by atoms with van der Waals surface area (Å²) in [7, 11) is 0. The zero-order valence-corrected chi connectivity index (χ0v) is 20.9. The van der Waals surface area contributed by atoms with Crippen LogP contribution >= 0.6 is 15.9 Å². The predicted octanol–water partition coefficient (Wildman–Crippen LogP) is 6.16. The predicted molar refractivity (Wildman–Crippen MR) is 143 cm³/mol. The van der Waals surface area contributed by atoms with Crippen LogP contribution < -0.4 is 15.0 Å². The van der Waals surface area contributed by atoms with E-state index in [9.17, 15) is 14.4 Å². The number of carbonyl (C=O) groups is 3. The molecule has 1 N–H and O–H groups in total. The Kier molecular flexibility index (Phi) is 6.40. The molecule has 36 heavy (non-hydrogen) atoms. The fourth-order valence-corrected chi connectivity index (χ4v) is 4.29. The van der Waals surface area contributed by atoms with Crippen LogP contribution in [0, 0.1) is 6.92 Å². The number of nitrogens with zero attached hydrogens (tertiary/aromatic N) is 1. The molecule has 4 aromatic rings. The first-order valence-electron chi connectivity index (χ1n) is 11.3. The number of barbiturate groups is 1. The first kappa shape index (κ1) is 23.5. The summed E-state index contributed by atoms with van der Waals surface area (Å²) >= 11 is 3.43. The highest BCUT2D eigenvalue weighted by atomic mass is 79.9. The third-order valence-corrected chi connectivity index (χ3v) is 6.45. The molecule has 1 saturated heterocycles. The molecule has 0 saturated carbocycles. The van der Waals surface area contributed by atoms with E-state index in [4.69, 9.17) is 4.74 Å². The van der Waals surface area contributed by atoms with Crippen molar-refractivity contribution in [2.45, 2.75) is 13.5 Å². The summed E-state index contributed by atoms with van der Waals surface area (Å²) in [6, 6.07) is 25.3. The van der Waals surface area contributed by atoms with E-state index in [2.05, 4.69) is 21.2 Å². The highest BCUT2D eigenvalue weighted by molar-refractivity contribution is 9.10. The number of nitrogens with one attached hydrogen (secondary N) is 1. The van der Waals surface area contributed by atoms with Gasteiger partial charge in [-0.1, -0.05) is 76.1 Å². The second-order valence-electron chi connectivity index (χ2n) is 8.41. The van der Waals surface area contributed by atoms with Crippen LogP contribution in [0.15, 0.2) is 95.0 Å². The summed E-state index contributed by atoms with van der Waals surface area (Å²) in [5, 5.41) is 4.03. The highest BCUT2D eigenvalue weighted by Gasteiger charge is 2.37. The van der Waals surface area contributed by atoms with Gasteiger partial charge < -0.3 is 4.74 Å². The van der Waals surface area contributed by atoms with Gasteiger partial charge >= 0.3 is 6.03 Å². The summed E-state index contributed by atoms with van der Waals surface area (Å²) in [6.45, 7) is 2.21. The maximum absolute atomic E-state index is 13.4. The molecule has 0 aromatic heterocycles. The van der Waals surface area contributed by atoms with Crippen molar-refractivity contribution in [2.75, 3.05) is 4.90 Å². The summed E-state index contributed by atoms with van der Waals surface area (Å²) in [4.78, 5) is 39.8. The molecule has 6 nitrogen and oxygen atoms in total.